The van der Waals surface area contributed by atoms with Crippen molar-refractivity contribution in [3.05, 3.63) is 54.1 Å². The molecule has 0 radical (unpaired) electrons. The molecular weight excluding hydrogens is 439 g/mol. The van der Waals surface area contributed by atoms with E-state index in [1.165, 1.54) is 62.4 Å². The van der Waals surface area contributed by atoms with Crippen molar-refractivity contribution in [2.24, 2.45) is 0 Å². The Kier molecular flexibility index (Phi) is 6.99. The van der Waals surface area contributed by atoms with Crippen molar-refractivity contribution < 1.29 is 41.0 Å². The Balaban J connectivity index is 2.13. The maximum Gasteiger partial charge on any atom is 0.471 e. The Bertz CT molecular complexity index is 1050. The van der Waals surface area contributed by atoms with Gasteiger partial charge in [0.1, 0.15) is 5.75 Å². The van der Waals surface area contributed by atoms with E-state index < -0.39 is 40.0 Å². The van der Waals surface area contributed by atoms with Crippen molar-refractivity contribution in [3.8, 4) is 5.75 Å². The van der Waals surface area contributed by atoms with Crippen LogP contribution >= 0.6 is 0 Å². The number of alkyl halides is 3. The van der Waals surface area contributed by atoms with Crippen molar-refractivity contribution in [1.82, 2.24) is 5.32 Å². The number of carbonyl (C=O) groups excluding carboxylic acids is 1. The normalized spacial score (nSPS) is 12.3. The first-order valence-electron chi connectivity index (χ1n) is 8.89. The molecule has 0 saturated carbocycles. The zero-order valence-corrected chi connectivity index (χ0v) is 17.4. The minimum Gasteiger partial charge on any atom is -0.482 e. The molecule has 0 atom stereocenters. The number of rotatable bonds is 8. The lowest BCUT2D eigenvalue weighted by Crippen LogP contribution is -2.50. The van der Waals surface area contributed by atoms with Crippen molar-refractivity contribution >= 4 is 21.7 Å². The van der Waals surface area contributed by atoms with Crippen LogP contribution in [0.3, 0.4) is 0 Å². The van der Waals surface area contributed by atoms with E-state index in [0.29, 0.717) is 5.56 Å². The van der Waals surface area contributed by atoms with Gasteiger partial charge in [-0.15, -0.1) is 0 Å². The molecule has 0 aliphatic heterocycles. The minimum absolute atomic E-state index is 0.0346. The molecule has 0 saturated heterocycles. The first-order chi connectivity index (χ1) is 14.2. The highest BCUT2D eigenvalue weighted by Crippen LogP contribution is 2.25. The van der Waals surface area contributed by atoms with Gasteiger partial charge < -0.3 is 15.2 Å². The highest BCUT2D eigenvalue weighted by atomic mass is 32.2. The molecule has 7 nitrogen and oxygen atoms in total. The predicted octanol–water partition coefficient (Wildman–Crippen LogP) is 2.98. The van der Waals surface area contributed by atoms with Crippen LogP contribution in [-0.2, 0) is 25.8 Å². The van der Waals surface area contributed by atoms with Crippen LogP contribution in [-0.4, -0.2) is 43.7 Å². The third-order valence-corrected chi connectivity index (χ3v) is 5.87. The van der Waals surface area contributed by atoms with Crippen LogP contribution in [0.1, 0.15) is 19.4 Å². The summed E-state index contributed by atoms with van der Waals surface area (Å²) in [5, 5.41) is 10.5. The molecule has 0 aliphatic carbocycles. The summed E-state index contributed by atoms with van der Waals surface area (Å²) >= 11 is 0. The van der Waals surface area contributed by atoms with Crippen molar-refractivity contribution in [3.63, 3.8) is 0 Å². The molecule has 2 N–H and O–H groups in total. The number of carboxylic acids is 1. The van der Waals surface area contributed by atoms with Gasteiger partial charge in [-0.05, 0) is 62.2 Å². The van der Waals surface area contributed by atoms with Gasteiger partial charge in [-0.25, -0.2) is 13.2 Å². The first kappa shape index (κ1) is 24.2. The summed E-state index contributed by atoms with van der Waals surface area (Å²) in [6, 6.07) is 10.8. The zero-order chi connectivity index (χ0) is 23.4. The summed E-state index contributed by atoms with van der Waals surface area (Å²) < 4.78 is 67.8. The maximum atomic E-state index is 12.7. The summed E-state index contributed by atoms with van der Waals surface area (Å²) in [6.45, 7) is 2.29. The Labute approximate surface area is 176 Å². The van der Waals surface area contributed by atoms with Crippen LogP contribution in [0.15, 0.2) is 58.3 Å². The highest BCUT2D eigenvalue weighted by molar-refractivity contribution is 7.91. The Hall–Kier alpha value is -3.08. The third kappa shape index (κ3) is 6.71. The van der Waals surface area contributed by atoms with Crippen LogP contribution < -0.4 is 10.1 Å². The summed E-state index contributed by atoms with van der Waals surface area (Å²) in [5.74, 6) is -3.02. The lowest BCUT2D eigenvalue weighted by atomic mass is 9.95. The molecule has 0 bridgehead atoms. The van der Waals surface area contributed by atoms with Gasteiger partial charge >= 0.3 is 18.1 Å². The molecule has 2 aromatic rings. The number of amides is 1. The molecule has 0 heterocycles. The van der Waals surface area contributed by atoms with Gasteiger partial charge in [0.2, 0.25) is 9.84 Å². The molecule has 0 aromatic heterocycles. The number of carboxylic acid groups (broad SMARTS) is 1. The third-order valence-electron chi connectivity index (χ3n) is 4.09. The molecule has 2 aromatic carbocycles. The van der Waals surface area contributed by atoms with E-state index in [0.717, 1.165) is 0 Å². The SMILES string of the molecule is CC(C)(Cc1ccc(S(=O)(=O)c2ccc(OCC(=O)O)cc2)cc1)NC(=O)C(F)(F)F. The van der Waals surface area contributed by atoms with E-state index in [9.17, 15) is 31.2 Å². The number of ether oxygens (including phenoxy) is 1. The number of benzene rings is 2. The second-order valence-electron chi connectivity index (χ2n) is 7.31. The number of nitrogens with one attached hydrogen (secondary N) is 1. The average molecular weight is 459 g/mol. The molecule has 0 spiro atoms. The molecular formula is C20H20F3NO6S. The van der Waals surface area contributed by atoms with Crippen LogP contribution in [0.4, 0.5) is 13.2 Å². The Morgan fingerprint density at radius 2 is 1.45 bits per heavy atom. The molecule has 31 heavy (non-hydrogen) atoms. The smallest absolute Gasteiger partial charge is 0.471 e. The molecule has 0 unspecified atom stereocenters. The summed E-state index contributed by atoms with van der Waals surface area (Å²) in [6.07, 6.45) is -4.95. The fourth-order valence-electron chi connectivity index (χ4n) is 2.72. The summed E-state index contributed by atoms with van der Waals surface area (Å²) in [5.41, 5.74) is -0.678. The van der Waals surface area contributed by atoms with Gasteiger partial charge in [0.05, 0.1) is 9.79 Å². The second kappa shape index (κ2) is 8.96. The van der Waals surface area contributed by atoms with Crippen LogP contribution in [0.5, 0.6) is 5.75 Å². The second-order valence-corrected chi connectivity index (χ2v) is 9.26. The standard InChI is InChI=1S/C20H20F3NO6S/c1-19(2,24-18(27)20(21,22)23)11-13-3-7-15(8-4-13)31(28,29)16-9-5-14(6-10-16)30-12-17(25)26/h3-10H,11-12H2,1-2H3,(H,24,27)(H,25,26). The molecule has 0 aliphatic rings. The van der Waals surface area contributed by atoms with Crippen molar-refractivity contribution in [2.75, 3.05) is 6.61 Å². The molecule has 0 fully saturated rings. The van der Waals surface area contributed by atoms with Gasteiger partial charge in [-0.2, -0.15) is 13.2 Å². The van der Waals surface area contributed by atoms with Crippen LogP contribution in [0, 0.1) is 0 Å². The zero-order valence-electron chi connectivity index (χ0n) is 16.6. The number of carbonyl (C=O) groups is 2. The number of hydrogen-bond donors (Lipinski definition) is 2. The Morgan fingerprint density at radius 1 is 0.968 bits per heavy atom. The molecule has 2 rings (SSSR count). The highest BCUT2D eigenvalue weighted by Gasteiger charge is 2.41. The number of sulfone groups is 1. The Morgan fingerprint density at radius 3 is 1.90 bits per heavy atom. The number of halogens is 3. The van der Waals surface area contributed by atoms with Gasteiger partial charge in [0.15, 0.2) is 6.61 Å². The van der Waals surface area contributed by atoms with E-state index in [1.54, 1.807) is 0 Å². The van der Waals surface area contributed by atoms with Crippen molar-refractivity contribution in [2.45, 2.75) is 41.8 Å². The lowest BCUT2D eigenvalue weighted by Gasteiger charge is -2.27. The van der Waals surface area contributed by atoms with Crippen molar-refractivity contribution in [1.29, 1.82) is 0 Å². The summed E-state index contributed by atoms with van der Waals surface area (Å²) in [4.78, 5) is 21.6. The molecule has 11 heteroatoms. The summed E-state index contributed by atoms with van der Waals surface area (Å²) in [7, 11) is -3.88. The van der Waals surface area contributed by atoms with Gasteiger partial charge in [-0.3, -0.25) is 4.79 Å². The van der Waals surface area contributed by atoms with Gasteiger partial charge in [0, 0.05) is 5.54 Å². The van der Waals surface area contributed by atoms with Crippen LogP contribution in [0.25, 0.3) is 0 Å². The number of hydrogen-bond acceptors (Lipinski definition) is 5. The van der Waals surface area contributed by atoms with Gasteiger partial charge in [0.25, 0.3) is 0 Å². The fourth-order valence-corrected chi connectivity index (χ4v) is 3.98. The van der Waals surface area contributed by atoms with E-state index in [2.05, 4.69) is 0 Å². The largest absolute Gasteiger partial charge is 0.482 e. The fraction of sp³-hybridized carbons (Fsp3) is 0.300. The van der Waals surface area contributed by atoms with Gasteiger partial charge in [-0.1, -0.05) is 12.1 Å². The first-order valence-corrected chi connectivity index (χ1v) is 10.4. The van der Waals surface area contributed by atoms with E-state index in [-0.39, 0.29) is 22.0 Å². The topological polar surface area (TPSA) is 110 Å². The van der Waals surface area contributed by atoms with E-state index in [4.69, 9.17) is 9.84 Å². The predicted molar refractivity (Wildman–Crippen MR) is 103 cm³/mol. The minimum atomic E-state index is -5.00. The lowest BCUT2D eigenvalue weighted by molar-refractivity contribution is -0.175. The molecule has 168 valence electrons. The maximum absolute atomic E-state index is 12.7. The quantitative estimate of drug-likeness (QED) is 0.628. The molecule has 1 amide bonds. The van der Waals surface area contributed by atoms with Crippen LogP contribution in [0.2, 0.25) is 0 Å². The van der Waals surface area contributed by atoms with E-state index >= 15 is 0 Å². The monoisotopic (exact) mass is 459 g/mol. The number of aliphatic carboxylic acids is 1. The van der Waals surface area contributed by atoms with E-state index in [1.807, 2.05) is 5.32 Å². The average Bonchev–Trinajstić information content (AvgIpc) is 2.65.